The highest BCUT2D eigenvalue weighted by Crippen LogP contribution is 2.23. The molecule has 4 nitrogen and oxygen atoms in total. The highest BCUT2D eigenvalue weighted by atomic mass is 16.2. The quantitative estimate of drug-likeness (QED) is 0.584. The molecule has 0 saturated heterocycles. The molecule has 2 amide bonds. The third-order valence-corrected chi connectivity index (χ3v) is 2.61. The van der Waals surface area contributed by atoms with Gasteiger partial charge in [-0.2, -0.15) is 4.99 Å². The van der Waals surface area contributed by atoms with Gasteiger partial charge in [0.15, 0.2) is 0 Å². The fraction of sp³-hybridized carbons (Fsp3) is 0.556. The van der Waals surface area contributed by atoms with Crippen molar-refractivity contribution in [3.63, 3.8) is 0 Å². The third kappa shape index (κ3) is 1.56. The number of hydrogen-bond donors (Lipinski definition) is 2. The zero-order chi connectivity index (χ0) is 9.26. The highest BCUT2D eigenvalue weighted by Gasteiger charge is 2.30. The van der Waals surface area contributed by atoms with Gasteiger partial charge >= 0.3 is 6.03 Å². The van der Waals surface area contributed by atoms with Crippen molar-refractivity contribution in [3.8, 4) is 0 Å². The second-order valence-electron chi connectivity index (χ2n) is 3.51. The van der Waals surface area contributed by atoms with Crippen molar-refractivity contribution in [1.29, 1.82) is 0 Å². The molecule has 2 unspecified atom stereocenters. The lowest BCUT2D eigenvalue weighted by molar-refractivity contribution is 0.247. The van der Waals surface area contributed by atoms with Crippen LogP contribution in [0.1, 0.15) is 19.3 Å². The number of carbonyl (C=O) groups excluding carboxylic acids is 1. The molecule has 70 valence electrons. The molecular weight excluding hydrogens is 166 g/mol. The van der Waals surface area contributed by atoms with Crippen LogP contribution in [0.5, 0.6) is 0 Å². The Balaban J connectivity index is 2.05. The van der Waals surface area contributed by atoms with E-state index in [1.807, 2.05) is 0 Å². The zero-order valence-corrected chi connectivity index (χ0v) is 7.36. The predicted molar refractivity (Wildman–Crippen MR) is 50.4 cm³/mol. The zero-order valence-electron chi connectivity index (χ0n) is 7.36. The van der Waals surface area contributed by atoms with E-state index < -0.39 is 0 Å². The first kappa shape index (κ1) is 8.29. The number of hydrogen-bond acceptors (Lipinski definition) is 2. The number of amides is 2. The first-order valence-electron chi connectivity index (χ1n) is 4.57. The molecule has 0 aromatic carbocycles. The number of nitrogens with two attached hydrogens (primary N) is 1. The van der Waals surface area contributed by atoms with Crippen molar-refractivity contribution >= 4 is 11.9 Å². The molecule has 1 heterocycles. The van der Waals surface area contributed by atoms with Crippen molar-refractivity contribution < 1.29 is 4.79 Å². The van der Waals surface area contributed by atoms with E-state index >= 15 is 0 Å². The molecule has 0 radical (unpaired) electrons. The molecular formula is C9H13N3O. The van der Waals surface area contributed by atoms with Gasteiger partial charge < -0.3 is 11.1 Å². The average Bonchev–Trinajstić information content (AvgIpc) is 2.47. The standard InChI is InChI=1S/C9H13N3O/c10-8-7(11-9(13)12-8)6-4-2-1-3-5-6/h1-2,6-7H,3-5H2,(H3,10,11,12,13). The van der Waals surface area contributed by atoms with Crippen LogP contribution < -0.4 is 11.1 Å². The summed E-state index contributed by atoms with van der Waals surface area (Å²) in [5, 5.41) is 2.77. The summed E-state index contributed by atoms with van der Waals surface area (Å²) < 4.78 is 0. The Labute approximate surface area is 76.9 Å². The van der Waals surface area contributed by atoms with E-state index in [2.05, 4.69) is 22.5 Å². The molecule has 4 heteroatoms. The van der Waals surface area contributed by atoms with Gasteiger partial charge in [-0.25, -0.2) is 4.79 Å². The van der Waals surface area contributed by atoms with Crippen LogP contribution in [0.25, 0.3) is 0 Å². The van der Waals surface area contributed by atoms with E-state index in [4.69, 9.17) is 5.73 Å². The van der Waals surface area contributed by atoms with Gasteiger partial charge in [-0.3, -0.25) is 0 Å². The SMILES string of the molecule is NC1=NC(=O)NC1C1CC=CCC1. The molecule has 0 spiro atoms. The minimum atomic E-state index is -0.294. The van der Waals surface area contributed by atoms with E-state index in [0.29, 0.717) is 11.8 Å². The number of rotatable bonds is 1. The Morgan fingerprint density at radius 1 is 1.54 bits per heavy atom. The van der Waals surface area contributed by atoms with E-state index in [-0.39, 0.29) is 12.1 Å². The normalized spacial score (nSPS) is 32.9. The second kappa shape index (κ2) is 3.20. The van der Waals surface area contributed by atoms with Gasteiger partial charge in [-0.1, -0.05) is 12.2 Å². The second-order valence-corrected chi connectivity index (χ2v) is 3.51. The molecule has 2 rings (SSSR count). The summed E-state index contributed by atoms with van der Waals surface area (Å²) >= 11 is 0. The largest absolute Gasteiger partial charge is 0.385 e. The lowest BCUT2D eigenvalue weighted by Gasteiger charge is -2.23. The Bertz CT molecular complexity index is 283. The Morgan fingerprint density at radius 3 is 2.92 bits per heavy atom. The number of urea groups is 1. The van der Waals surface area contributed by atoms with Crippen molar-refractivity contribution in [2.75, 3.05) is 0 Å². The van der Waals surface area contributed by atoms with Gasteiger partial charge in [0.25, 0.3) is 0 Å². The Hall–Kier alpha value is -1.32. The van der Waals surface area contributed by atoms with Crippen LogP contribution in [-0.2, 0) is 0 Å². The van der Waals surface area contributed by atoms with Gasteiger partial charge in [0, 0.05) is 0 Å². The first-order chi connectivity index (χ1) is 6.27. The van der Waals surface area contributed by atoms with Crippen LogP contribution in [0.2, 0.25) is 0 Å². The van der Waals surface area contributed by atoms with Crippen molar-refractivity contribution in [1.82, 2.24) is 5.32 Å². The number of carbonyl (C=O) groups is 1. The van der Waals surface area contributed by atoms with E-state index in [1.54, 1.807) is 0 Å². The van der Waals surface area contributed by atoms with Gasteiger partial charge in [0.05, 0.1) is 6.04 Å². The fourth-order valence-corrected chi connectivity index (χ4v) is 1.91. The summed E-state index contributed by atoms with van der Waals surface area (Å²) in [6.07, 6.45) is 7.45. The summed E-state index contributed by atoms with van der Waals surface area (Å²) in [7, 11) is 0. The smallest absolute Gasteiger partial charge is 0.343 e. The van der Waals surface area contributed by atoms with Gasteiger partial charge in [0.2, 0.25) is 0 Å². The minimum absolute atomic E-state index is 0.0301. The number of amidine groups is 1. The molecule has 1 aliphatic carbocycles. The van der Waals surface area contributed by atoms with Crippen LogP contribution >= 0.6 is 0 Å². The molecule has 3 N–H and O–H groups in total. The topological polar surface area (TPSA) is 67.5 Å². The minimum Gasteiger partial charge on any atom is -0.385 e. The summed E-state index contributed by atoms with van der Waals surface area (Å²) in [6, 6.07) is -0.325. The van der Waals surface area contributed by atoms with Crippen molar-refractivity contribution in [2.24, 2.45) is 16.6 Å². The maximum absolute atomic E-state index is 10.9. The third-order valence-electron chi connectivity index (χ3n) is 2.61. The number of aliphatic imine (C=N–C) groups is 1. The van der Waals surface area contributed by atoms with Crippen LogP contribution in [0.15, 0.2) is 17.1 Å². The molecule has 1 aliphatic heterocycles. The monoisotopic (exact) mass is 179 g/mol. The van der Waals surface area contributed by atoms with Crippen LogP contribution in [-0.4, -0.2) is 17.9 Å². The van der Waals surface area contributed by atoms with E-state index in [0.717, 1.165) is 19.3 Å². The predicted octanol–water partition coefficient (Wildman–Crippen LogP) is 0.792. The Morgan fingerprint density at radius 2 is 2.38 bits per heavy atom. The van der Waals surface area contributed by atoms with Crippen LogP contribution in [0.4, 0.5) is 4.79 Å². The lowest BCUT2D eigenvalue weighted by Crippen LogP contribution is -2.42. The van der Waals surface area contributed by atoms with E-state index in [1.165, 1.54) is 0 Å². The molecule has 2 atom stereocenters. The lowest BCUT2D eigenvalue weighted by atomic mass is 9.87. The summed E-state index contributed by atoms with van der Waals surface area (Å²) in [6.45, 7) is 0. The number of nitrogens with one attached hydrogen (secondary N) is 1. The van der Waals surface area contributed by atoms with Gasteiger partial charge in [0.1, 0.15) is 5.84 Å². The summed E-state index contributed by atoms with van der Waals surface area (Å²) in [4.78, 5) is 14.6. The number of nitrogens with zero attached hydrogens (tertiary/aromatic N) is 1. The van der Waals surface area contributed by atoms with E-state index in [9.17, 15) is 4.79 Å². The molecule has 0 bridgehead atoms. The maximum Gasteiger partial charge on any atom is 0.343 e. The molecule has 0 aromatic rings. The average molecular weight is 179 g/mol. The van der Waals surface area contributed by atoms with Crippen LogP contribution in [0, 0.1) is 5.92 Å². The fourth-order valence-electron chi connectivity index (χ4n) is 1.91. The number of allylic oxidation sites excluding steroid dienone is 2. The van der Waals surface area contributed by atoms with Crippen LogP contribution in [0.3, 0.4) is 0 Å². The highest BCUT2D eigenvalue weighted by molar-refractivity contribution is 6.02. The molecule has 0 aromatic heterocycles. The van der Waals surface area contributed by atoms with Crippen molar-refractivity contribution in [2.45, 2.75) is 25.3 Å². The van der Waals surface area contributed by atoms with Crippen molar-refractivity contribution in [3.05, 3.63) is 12.2 Å². The molecule has 2 aliphatic rings. The maximum atomic E-state index is 10.9. The molecule has 0 saturated carbocycles. The van der Waals surface area contributed by atoms with Gasteiger partial charge in [-0.15, -0.1) is 0 Å². The summed E-state index contributed by atoms with van der Waals surface area (Å²) in [5.41, 5.74) is 5.64. The van der Waals surface area contributed by atoms with Gasteiger partial charge in [-0.05, 0) is 25.2 Å². The molecule has 13 heavy (non-hydrogen) atoms. The molecule has 0 fully saturated rings. The Kier molecular flexibility index (Phi) is 2.04. The summed E-state index contributed by atoms with van der Waals surface area (Å²) in [5.74, 6) is 0.880. The first-order valence-corrected chi connectivity index (χ1v) is 4.57.